The van der Waals surface area contributed by atoms with Gasteiger partial charge in [0.05, 0.1) is 12.2 Å². The van der Waals surface area contributed by atoms with Crippen LogP contribution in [0.1, 0.15) is 28.3 Å². The summed E-state index contributed by atoms with van der Waals surface area (Å²) in [5.41, 5.74) is 0.479. The minimum Gasteiger partial charge on any atom is -0.493 e. The molecule has 1 heterocycles. The van der Waals surface area contributed by atoms with Crippen LogP contribution in [0.4, 0.5) is 0 Å². The van der Waals surface area contributed by atoms with Crippen molar-refractivity contribution in [2.45, 2.75) is 13.0 Å². The first-order valence-corrected chi connectivity index (χ1v) is 7.31. The molecular weight excluding hydrogens is 274 g/mol. The van der Waals surface area contributed by atoms with Crippen molar-refractivity contribution in [1.29, 1.82) is 0 Å². The average molecular weight is 291 g/mol. The highest BCUT2D eigenvalue weighted by atomic mass is 32.1. The van der Waals surface area contributed by atoms with E-state index in [-0.39, 0.29) is 12.5 Å². The molecule has 0 aliphatic rings. The van der Waals surface area contributed by atoms with E-state index in [0.29, 0.717) is 17.9 Å². The van der Waals surface area contributed by atoms with Crippen molar-refractivity contribution in [3.8, 4) is 5.75 Å². The molecule has 2 aromatic rings. The Kier molecular flexibility index (Phi) is 5.15. The van der Waals surface area contributed by atoms with Gasteiger partial charge in [0.2, 0.25) is 0 Å². The van der Waals surface area contributed by atoms with E-state index in [1.54, 1.807) is 18.2 Å². The fourth-order valence-electron chi connectivity index (χ4n) is 1.80. The third-order valence-corrected chi connectivity index (χ3v) is 3.73. The van der Waals surface area contributed by atoms with E-state index in [1.807, 2.05) is 30.5 Å². The minimum absolute atomic E-state index is 0.180. The summed E-state index contributed by atoms with van der Waals surface area (Å²) in [6.07, 6.45) is -0.682. The van der Waals surface area contributed by atoms with E-state index in [9.17, 15) is 9.90 Å². The Balaban J connectivity index is 1.98. The molecule has 0 saturated heterocycles. The number of thiophene rings is 1. The van der Waals surface area contributed by atoms with E-state index in [4.69, 9.17) is 4.74 Å². The number of rotatable bonds is 6. The van der Waals surface area contributed by atoms with Gasteiger partial charge in [0.25, 0.3) is 5.91 Å². The molecule has 0 radical (unpaired) electrons. The molecule has 0 saturated carbocycles. The lowest BCUT2D eigenvalue weighted by molar-refractivity contribution is 0.0914. The molecule has 4 nitrogen and oxygen atoms in total. The third-order valence-electron chi connectivity index (χ3n) is 2.76. The Labute approximate surface area is 122 Å². The predicted molar refractivity (Wildman–Crippen MR) is 79.2 cm³/mol. The van der Waals surface area contributed by atoms with E-state index < -0.39 is 6.10 Å². The lowest BCUT2D eigenvalue weighted by Gasteiger charge is -2.12. The van der Waals surface area contributed by atoms with Crippen LogP contribution in [0.25, 0.3) is 0 Å². The number of carbonyl (C=O) groups excluding carboxylic acids is 1. The summed E-state index contributed by atoms with van der Waals surface area (Å²) in [6.45, 7) is 2.55. The number of nitrogens with one attached hydrogen (secondary N) is 1. The smallest absolute Gasteiger partial charge is 0.255 e. The van der Waals surface area contributed by atoms with Gasteiger partial charge in [0.1, 0.15) is 11.9 Å². The average Bonchev–Trinajstić information content (AvgIpc) is 2.99. The number of carbonyl (C=O) groups is 1. The summed E-state index contributed by atoms with van der Waals surface area (Å²) in [5.74, 6) is 0.308. The quantitative estimate of drug-likeness (QED) is 0.860. The van der Waals surface area contributed by atoms with Crippen LogP contribution in [0.2, 0.25) is 0 Å². The van der Waals surface area contributed by atoms with Gasteiger partial charge >= 0.3 is 0 Å². The second kappa shape index (κ2) is 7.07. The maximum atomic E-state index is 12.1. The lowest BCUT2D eigenvalue weighted by atomic mass is 10.2. The first kappa shape index (κ1) is 14.6. The van der Waals surface area contributed by atoms with Crippen LogP contribution in [0.5, 0.6) is 5.75 Å². The van der Waals surface area contributed by atoms with Crippen molar-refractivity contribution in [3.05, 3.63) is 52.2 Å². The molecular formula is C15H17NO3S. The summed E-state index contributed by atoms with van der Waals surface area (Å²) in [7, 11) is 0. The zero-order valence-electron chi connectivity index (χ0n) is 11.2. The fraction of sp³-hybridized carbons (Fsp3) is 0.267. The standard InChI is InChI=1S/C15H17NO3S/c1-2-19-13-7-4-3-6-11(13)15(18)16-10-12(17)14-8-5-9-20-14/h3-9,12,17H,2,10H2,1H3,(H,16,18). The summed E-state index contributed by atoms with van der Waals surface area (Å²) in [5, 5.41) is 14.6. The van der Waals surface area contributed by atoms with Gasteiger partial charge in [0, 0.05) is 11.4 Å². The van der Waals surface area contributed by atoms with Crippen LogP contribution < -0.4 is 10.1 Å². The third kappa shape index (κ3) is 3.59. The Bertz CT molecular complexity index is 554. The zero-order chi connectivity index (χ0) is 14.4. The van der Waals surface area contributed by atoms with Crippen molar-refractivity contribution in [2.75, 3.05) is 13.2 Å². The number of para-hydroxylation sites is 1. The van der Waals surface area contributed by atoms with Gasteiger partial charge in [0.15, 0.2) is 0 Å². The Morgan fingerprint density at radius 2 is 2.15 bits per heavy atom. The maximum Gasteiger partial charge on any atom is 0.255 e. The Morgan fingerprint density at radius 1 is 1.35 bits per heavy atom. The molecule has 0 spiro atoms. The van der Waals surface area contributed by atoms with Crippen LogP contribution >= 0.6 is 11.3 Å². The molecule has 106 valence electrons. The van der Waals surface area contributed by atoms with Gasteiger partial charge in [-0.25, -0.2) is 0 Å². The molecule has 1 aromatic carbocycles. The predicted octanol–water partition coefficient (Wildman–Crippen LogP) is 2.61. The highest BCUT2D eigenvalue weighted by Crippen LogP contribution is 2.20. The number of amides is 1. The summed E-state index contributed by atoms with van der Waals surface area (Å²) < 4.78 is 5.42. The lowest BCUT2D eigenvalue weighted by Crippen LogP contribution is -2.28. The van der Waals surface area contributed by atoms with Crippen LogP contribution in [0, 0.1) is 0 Å². The van der Waals surface area contributed by atoms with Crippen LogP contribution in [-0.2, 0) is 0 Å². The largest absolute Gasteiger partial charge is 0.493 e. The molecule has 1 amide bonds. The number of hydrogen-bond acceptors (Lipinski definition) is 4. The molecule has 2 rings (SSSR count). The summed E-state index contributed by atoms with van der Waals surface area (Å²) in [4.78, 5) is 13.0. The monoisotopic (exact) mass is 291 g/mol. The van der Waals surface area contributed by atoms with Gasteiger partial charge < -0.3 is 15.2 Å². The van der Waals surface area contributed by atoms with Crippen molar-refractivity contribution < 1.29 is 14.6 Å². The molecule has 1 unspecified atom stereocenters. The van der Waals surface area contributed by atoms with Gasteiger partial charge in [-0.05, 0) is 30.5 Å². The SMILES string of the molecule is CCOc1ccccc1C(=O)NCC(O)c1cccs1. The van der Waals surface area contributed by atoms with Crippen molar-refractivity contribution >= 4 is 17.2 Å². The highest BCUT2D eigenvalue weighted by Gasteiger charge is 2.14. The number of benzene rings is 1. The number of aliphatic hydroxyl groups is 1. The number of aliphatic hydroxyl groups excluding tert-OH is 1. The zero-order valence-corrected chi connectivity index (χ0v) is 12.0. The minimum atomic E-state index is -0.682. The second-order valence-corrected chi connectivity index (χ2v) is 5.15. The molecule has 2 N–H and O–H groups in total. The topological polar surface area (TPSA) is 58.6 Å². The van der Waals surface area contributed by atoms with E-state index in [0.717, 1.165) is 4.88 Å². The van der Waals surface area contributed by atoms with Gasteiger partial charge in [-0.15, -0.1) is 11.3 Å². The molecule has 0 fully saturated rings. The van der Waals surface area contributed by atoms with Crippen LogP contribution in [-0.4, -0.2) is 24.2 Å². The molecule has 20 heavy (non-hydrogen) atoms. The maximum absolute atomic E-state index is 12.1. The van der Waals surface area contributed by atoms with Crippen LogP contribution in [0.3, 0.4) is 0 Å². The normalized spacial score (nSPS) is 11.9. The molecule has 0 aliphatic heterocycles. The van der Waals surface area contributed by atoms with E-state index in [1.165, 1.54) is 11.3 Å². The summed E-state index contributed by atoms with van der Waals surface area (Å²) >= 11 is 1.46. The van der Waals surface area contributed by atoms with Crippen molar-refractivity contribution in [2.24, 2.45) is 0 Å². The van der Waals surface area contributed by atoms with Gasteiger partial charge in [-0.3, -0.25) is 4.79 Å². The highest BCUT2D eigenvalue weighted by molar-refractivity contribution is 7.10. The van der Waals surface area contributed by atoms with E-state index in [2.05, 4.69) is 5.32 Å². The molecule has 1 atom stereocenters. The molecule has 0 bridgehead atoms. The fourth-order valence-corrected chi connectivity index (χ4v) is 2.51. The summed E-state index contributed by atoms with van der Waals surface area (Å²) in [6, 6.07) is 10.8. The van der Waals surface area contributed by atoms with Crippen LogP contribution in [0.15, 0.2) is 41.8 Å². The molecule has 1 aromatic heterocycles. The second-order valence-electron chi connectivity index (χ2n) is 4.17. The van der Waals surface area contributed by atoms with E-state index >= 15 is 0 Å². The van der Waals surface area contributed by atoms with Gasteiger partial charge in [-0.1, -0.05) is 18.2 Å². The first-order valence-electron chi connectivity index (χ1n) is 6.44. The Morgan fingerprint density at radius 3 is 2.85 bits per heavy atom. The number of hydrogen-bond donors (Lipinski definition) is 2. The molecule has 0 aliphatic carbocycles. The molecule has 5 heteroatoms. The van der Waals surface area contributed by atoms with Crippen molar-refractivity contribution in [3.63, 3.8) is 0 Å². The van der Waals surface area contributed by atoms with Crippen molar-refractivity contribution in [1.82, 2.24) is 5.32 Å². The number of ether oxygens (including phenoxy) is 1. The van der Waals surface area contributed by atoms with Gasteiger partial charge in [-0.2, -0.15) is 0 Å². The first-order chi connectivity index (χ1) is 9.72. The Hall–Kier alpha value is -1.85.